The third-order valence-corrected chi connectivity index (χ3v) is 2.40. The monoisotopic (exact) mass is 263 g/mol. The molecule has 0 spiro atoms. The van der Waals surface area contributed by atoms with Gasteiger partial charge in [0.05, 0.1) is 17.9 Å². The van der Waals surface area contributed by atoms with Crippen molar-refractivity contribution in [3.8, 4) is 6.07 Å². The molecule has 4 N–H and O–H groups in total. The zero-order valence-electron chi connectivity index (χ0n) is 10.9. The second-order valence-corrected chi connectivity index (χ2v) is 3.92. The van der Waals surface area contributed by atoms with Gasteiger partial charge in [0.1, 0.15) is 17.9 Å². The Labute approximate surface area is 111 Å². The molecular formula is C12H17N5O2. The van der Waals surface area contributed by atoms with E-state index in [1.54, 1.807) is 14.0 Å². The fraction of sp³-hybridized carbons (Fsp3) is 0.417. The van der Waals surface area contributed by atoms with Gasteiger partial charge in [-0.25, -0.2) is 4.98 Å². The summed E-state index contributed by atoms with van der Waals surface area (Å²) in [4.78, 5) is 15.7. The van der Waals surface area contributed by atoms with Crippen LogP contribution in [0.15, 0.2) is 12.3 Å². The SMILES string of the molecule is COCCNC(=O)C(C)Nc1ncc(C#N)cc1N. The molecule has 1 rings (SSSR count). The molecule has 1 aromatic heterocycles. The standard InChI is InChI=1S/C12H17N5O2/c1-8(12(18)15-3-4-19-2)17-11-10(14)5-9(6-13)7-16-11/h5,7-8H,3-4,14H2,1-2H3,(H,15,18)(H,16,17). The van der Waals surface area contributed by atoms with Crippen molar-refractivity contribution in [2.45, 2.75) is 13.0 Å². The third-order valence-electron chi connectivity index (χ3n) is 2.40. The van der Waals surface area contributed by atoms with Gasteiger partial charge in [-0.05, 0) is 13.0 Å². The maximum atomic E-state index is 11.7. The highest BCUT2D eigenvalue weighted by Gasteiger charge is 2.14. The van der Waals surface area contributed by atoms with Crippen molar-refractivity contribution in [2.24, 2.45) is 0 Å². The van der Waals surface area contributed by atoms with Crippen LogP contribution in [0, 0.1) is 11.3 Å². The summed E-state index contributed by atoms with van der Waals surface area (Å²) in [5.41, 5.74) is 6.44. The molecule has 0 bridgehead atoms. The van der Waals surface area contributed by atoms with Crippen molar-refractivity contribution in [1.29, 1.82) is 5.26 Å². The largest absolute Gasteiger partial charge is 0.396 e. The number of methoxy groups -OCH3 is 1. The van der Waals surface area contributed by atoms with Crippen molar-refractivity contribution in [3.63, 3.8) is 0 Å². The maximum Gasteiger partial charge on any atom is 0.242 e. The van der Waals surface area contributed by atoms with Crippen LogP contribution >= 0.6 is 0 Å². The predicted octanol–water partition coefficient (Wildman–Crippen LogP) is 0.0985. The van der Waals surface area contributed by atoms with E-state index in [-0.39, 0.29) is 5.91 Å². The number of hydrogen-bond donors (Lipinski definition) is 3. The Hall–Kier alpha value is -2.33. The summed E-state index contributed by atoms with van der Waals surface area (Å²) in [6.07, 6.45) is 1.40. The predicted molar refractivity (Wildman–Crippen MR) is 71.3 cm³/mol. The number of hydrogen-bond acceptors (Lipinski definition) is 6. The lowest BCUT2D eigenvalue weighted by molar-refractivity contribution is -0.121. The minimum absolute atomic E-state index is 0.178. The Bertz CT molecular complexity index is 483. The second kappa shape index (κ2) is 7.18. The molecular weight excluding hydrogens is 246 g/mol. The van der Waals surface area contributed by atoms with E-state index in [2.05, 4.69) is 15.6 Å². The first-order valence-electron chi connectivity index (χ1n) is 5.77. The van der Waals surface area contributed by atoms with E-state index in [4.69, 9.17) is 15.7 Å². The normalized spacial score (nSPS) is 11.4. The van der Waals surface area contributed by atoms with Gasteiger partial charge in [-0.1, -0.05) is 0 Å². The minimum Gasteiger partial charge on any atom is -0.396 e. The van der Waals surface area contributed by atoms with Gasteiger partial charge in [0.15, 0.2) is 0 Å². The molecule has 0 fully saturated rings. The van der Waals surface area contributed by atoms with E-state index >= 15 is 0 Å². The Balaban J connectivity index is 2.59. The Morgan fingerprint density at radius 1 is 1.68 bits per heavy atom. The van der Waals surface area contributed by atoms with Crippen LogP contribution in [-0.4, -0.2) is 37.2 Å². The zero-order valence-corrected chi connectivity index (χ0v) is 10.9. The van der Waals surface area contributed by atoms with Crippen LogP contribution in [0.25, 0.3) is 0 Å². The number of carbonyl (C=O) groups is 1. The van der Waals surface area contributed by atoms with Gasteiger partial charge in [-0.2, -0.15) is 5.26 Å². The smallest absolute Gasteiger partial charge is 0.242 e. The van der Waals surface area contributed by atoms with Crippen LogP contribution in [-0.2, 0) is 9.53 Å². The van der Waals surface area contributed by atoms with Crippen LogP contribution in [0.4, 0.5) is 11.5 Å². The summed E-state index contributed by atoms with van der Waals surface area (Å²) in [6.45, 7) is 2.59. The van der Waals surface area contributed by atoms with Crippen molar-refractivity contribution in [1.82, 2.24) is 10.3 Å². The van der Waals surface area contributed by atoms with E-state index in [1.165, 1.54) is 12.3 Å². The molecule has 19 heavy (non-hydrogen) atoms. The summed E-state index contributed by atoms with van der Waals surface area (Å²) in [5, 5.41) is 14.3. The van der Waals surface area contributed by atoms with Gasteiger partial charge in [-0.3, -0.25) is 4.79 Å². The van der Waals surface area contributed by atoms with Crippen LogP contribution in [0.2, 0.25) is 0 Å². The molecule has 0 aliphatic carbocycles. The summed E-state index contributed by atoms with van der Waals surface area (Å²) in [5.74, 6) is 0.205. The number of ether oxygens (including phenoxy) is 1. The molecule has 102 valence electrons. The average Bonchev–Trinajstić information content (AvgIpc) is 2.41. The number of anilines is 2. The van der Waals surface area contributed by atoms with Crippen molar-refractivity contribution in [2.75, 3.05) is 31.3 Å². The first kappa shape index (κ1) is 14.7. The fourth-order valence-corrected chi connectivity index (χ4v) is 1.36. The number of nitrogens with one attached hydrogen (secondary N) is 2. The van der Waals surface area contributed by atoms with Crippen molar-refractivity contribution >= 4 is 17.4 Å². The molecule has 0 aromatic carbocycles. The van der Waals surface area contributed by atoms with Gasteiger partial charge in [-0.15, -0.1) is 0 Å². The Kier molecular flexibility index (Phi) is 5.57. The summed E-state index contributed by atoms with van der Waals surface area (Å²) in [7, 11) is 1.56. The molecule has 1 aromatic rings. The number of rotatable bonds is 6. The molecule has 1 atom stereocenters. The number of nitriles is 1. The van der Waals surface area contributed by atoms with Crippen LogP contribution < -0.4 is 16.4 Å². The van der Waals surface area contributed by atoms with E-state index in [1.807, 2.05) is 6.07 Å². The zero-order chi connectivity index (χ0) is 14.3. The highest BCUT2D eigenvalue weighted by molar-refractivity contribution is 5.84. The number of nitrogens with two attached hydrogens (primary N) is 1. The number of amides is 1. The first-order chi connectivity index (χ1) is 9.08. The lowest BCUT2D eigenvalue weighted by atomic mass is 10.2. The van der Waals surface area contributed by atoms with E-state index in [0.717, 1.165) is 0 Å². The molecule has 0 radical (unpaired) electrons. The first-order valence-corrected chi connectivity index (χ1v) is 5.77. The fourth-order valence-electron chi connectivity index (χ4n) is 1.36. The Morgan fingerprint density at radius 3 is 3.00 bits per heavy atom. The highest BCUT2D eigenvalue weighted by Crippen LogP contribution is 2.16. The number of nitrogen functional groups attached to an aromatic ring is 1. The molecule has 1 heterocycles. The highest BCUT2D eigenvalue weighted by atomic mass is 16.5. The molecule has 0 aliphatic rings. The number of pyridine rings is 1. The molecule has 1 amide bonds. The molecule has 1 unspecified atom stereocenters. The lowest BCUT2D eigenvalue weighted by Crippen LogP contribution is -2.39. The van der Waals surface area contributed by atoms with E-state index in [9.17, 15) is 4.79 Å². The lowest BCUT2D eigenvalue weighted by Gasteiger charge is -2.15. The topological polar surface area (TPSA) is 113 Å². The van der Waals surface area contributed by atoms with Crippen LogP contribution in [0.1, 0.15) is 12.5 Å². The van der Waals surface area contributed by atoms with Gasteiger partial charge >= 0.3 is 0 Å². The quantitative estimate of drug-likeness (QED) is 0.627. The minimum atomic E-state index is -0.486. The maximum absolute atomic E-state index is 11.7. The van der Waals surface area contributed by atoms with Gasteiger partial charge < -0.3 is 21.1 Å². The van der Waals surface area contributed by atoms with Crippen LogP contribution in [0.3, 0.4) is 0 Å². The van der Waals surface area contributed by atoms with Crippen molar-refractivity contribution < 1.29 is 9.53 Å². The second-order valence-electron chi connectivity index (χ2n) is 3.92. The summed E-state index contributed by atoms with van der Waals surface area (Å²) in [6, 6.07) is 2.96. The third kappa shape index (κ3) is 4.44. The molecule has 0 saturated carbocycles. The number of carbonyl (C=O) groups excluding carboxylic acids is 1. The van der Waals surface area contributed by atoms with Gasteiger partial charge in [0, 0.05) is 19.9 Å². The average molecular weight is 263 g/mol. The molecule has 7 nitrogen and oxygen atoms in total. The van der Waals surface area contributed by atoms with Crippen LogP contribution in [0.5, 0.6) is 0 Å². The number of aromatic nitrogens is 1. The van der Waals surface area contributed by atoms with E-state index in [0.29, 0.717) is 30.2 Å². The van der Waals surface area contributed by atoms with Gasteiger partial charge in [0.25, 0.3) is 0 Å². The van der Waals surface area contributed by atoms with E-state index < -0.39 is 6.04 Å². The molecule has 0 aliphatic heterocycles. The van der Waals surface area contributed by atoms with Gasteiger partial charge in [0.2, 0.25) is 5.91 Å². The molecule has 7 heteroatoms. The summed E-state index contributed by atoms with van der Waals surface area (Å²) >= 11 is 0. The molecule has 0 saturated heterocycles. The summed E-state index contributed by atoms with van der Waals surface area (Å²) < 4.78 is 4.84. The number of nitrogens with zero attached hydrogens (tertiary/aromatic N) is 2. The Morgan fingerprint density at radius 2 is 2.42 bits per heavy atom. The van der Waals surface area contributed by atoms with Crippen molar-refractivity contribution in [3.05, 3.63) is 17.8 Å².